The summed E-state index contributed by atoms with van der Waals surface area (Å²) in [5, 5.41) is 0. The Balaban J connectivity index is 1.55. The van der Waals surface area contributed by atoms with E-state index in [0.29, 0.717) is 12.5 Å². The molecule has 0 radical (unpaired) electrons. The minimum absolute atomic E-state index is 0.00574. The second kappa shape index (κ2) is 7.85. The fourth-order valence-corrected chi connectivity index (χ4v) is 3.70. The van der Waals surface area contributed by atoms with Gasteiger partial charge in [0, 0.05) is 12.8 Å². The molecule has 25 heavy (non-hydrogen) atoms. The number of alkyl halides is 1. The molecule has 3 rings (SSSR count). The van der Waals surface area contributed by atoms with Gasteiger partial charge in [0.05, 0.1) is 12.6 Å². The average molecular weight is 348 g/mol. The number of ether oxygens (including phenoxy) is 1. The van der Waals surface area contributed by atoms with E-state index in [0.717, 1.165) is 24.2 Å². The predicted molar refractivity (Wildman–Crippen MR) is 91.9 cm³/mol. The summed E-state index contributed by atoms with van der Waals surface area (Å²) in [6.45, 7) is -0.0444. The van der Waals surface area contributed by atoms with E-state index in [1.807, 2.05) is 24.3 Å². The van der Waals surface area contributed by atoms with Gasteiger partial charge in [-0.15, -0.1) is 0 Å². The molecule has 0 spiro atoms. The summed E-state index contributed by atoms with van der Waals surface area (Å²) in [5.41, 5.74) is 6.27. The summed E-state index contributed by atoms with van der Waals surface area (Å²) < 4.78 is 19.5. The van der Waals surface area contributed by atoms with Crippen LogP contribution in [-0.4, -0.2) is 41.6 Å². The van der Waals surface area contributed by atoms with Gasteiger partial charge >= 0.3 is 0 Å². The van der Waals surface area contributed by atoms with Gasteiger partial charge < -0.3 is 15.4 Å². The maximum absolute atomic E-state index is 13.5. The van der Waals surface area contributed by atoms with Gasteiger partial charge in [-0.2, -0.15) is 0 Å². The fraction of sp³-hybridized carbons (Fsp3) is 0.579. The average Bonchev–Trinajstić information content (AvgIpc) is 3.22. The van der Waals surface area contributed by atoms with Crippen LogP contribution in [-0.2, 0) is 16.0 Å². The van der Waals surface area contributed by atoms with Crippen molar-refractivity contribution < 1.29 is 18.7 Å². The fourth-order valence-electron chi connectivity index (χ4n) is 3.70. The van der Waals surface area contributed by atoms with Crippen molar-refractivity contribution in [2.45, 2.75) is 63.3 Å². The quantitative estimate of drug-likeness (QED) is 0.858. The molecule has 2 fully saturated rings. The van der Waals surface area contributed by atoms with Crippen molar-refractivity contribution in [2.75, 3.05) is 6.54 Å². The number of likely N-dealkylation sites (tertiary alicyclic amines) is 1. The molecule has 2 aliphatic rings. The van der Waals surface area contributed by atoms with Gasteiger partial charge in [0.25, 0.3) is 0 Å². The number of nitrogens with zero attached hydrogens (tertiary/aromatic N) is 1. The maximum atomic E-state index is 13.5. The van der Waals surface area contributed by atoms with E-state index in [-0.39, 0.29) is 25.3 Å². The van der Waals surface area contributed by atoms with Crippen molar-refractivity contribution in [3.63, 3.8) is 0 Å². The van der Waals surface area contributed by atoms with Crippen LogP contribution in [0.25, 0.3) is 0 Å². The van der Waals surface area contributed by atoms with Crippen molar-refractivity contribution in [1.82, 2.24) is 4.90 Å². The van der Waals surface area contributed by atoms with Gasteiger partial charge in [-0.25, -0.2) is 4.39 Å². The number of carbonyl (C=O) groups excluding carboxylic acids is 2. The van der Waals surface area contributed by atoms with Gasteiger partial charge in [-0.1, -0.05) is 12.1 Å². The zero-order chi connectivity index (χ0) is 17.8. The monoisotopic (exact) mass is 348 g/mol. The molecule has 1 aromatic rings. The number of benzene rings is 1. The van der Waals surface area contributed by atoms with Crippen molar-refractivity contribution in [2.24, 2.45) is 5.73 Å². The Morgan fingerprint density at radius 1 is 1.28 bits per heavy atom. The lowest BCUT2D eigenvalue weighted by atomic mass is 10.1. The van der Waals surface area contributed by atoms with E-state index in [4.69, 9.17) is 10.5 Å². The number of rotatable bonds is 6. The minimum atomic E-state index is -1.18. The lowest BCUT2D eigenvalue weighted by Gasteiger charge is -2.21. The van der Waals surface area contributed by atoms with Crippen LogP contribution < -0.4 is 10.5 Å². The number of carbonyl (C=O) groups is 2. The van der Waals surface area contributed by atoms with Crippen LogP contribution in [0.3, 0.4) is 0 Å². The Morgan fingerprint density at radius 3 is 2.76 bits per heavy atom. The van der Waals surface area contributed by atoms with Crippen LogP contribution in [0.4, 0.5) is 4.39 Å². The van der Waals surface area contributed by atoms with Crippen LogP contribution in [0.2, 0.25) is 0 Å². The molecule has 1 aliphatic heterocycles. The van der Waals surface area contributed by atoms with Crippen LogP contribution in [0.5, 0.6) is 5.75 Å². The lowest BCUT2D eigenvalue weighted by Crippen LogP contribution is -2.43. The third-order valence-corrected chi connectivity index (χ3v) is 5.03. The predicted octanol–water partition coefficient (Wildman–Crippen LogP) is 2.36. The van der Waals surface area contributed by atoms with Crippen LogP contribution in [0, 0.1) is 0 Å². The zero-order valence-corrected chi connectivity index (χ0v) is 14.3. The van der Waals surface area contributed by atoms with Crippen LogP contribution in [0.15, 0.2) is 24.3 Å². The molecular weight excluding hydrogens is 323 g/mol. The highest BCUT2D eigenvalue weighted by molar-refractivity contribution is 5.87. The van der Waals surface area contributed by atoms with Gasteiger partial charge in [-0.05, 0) is 49.8 Å². The van der Waals surface area contributed by atoms with Gasteiger partial charge in [0.2, 0.25) is 11.8 Å². The molecule has 5 nitrogen and oxygen atoms in total. The summed E-state index contributed by atoms with van der Waals surface area (Å²) in [6, 6.07) is 6.94. The van der Waals surface area contributed by atoms with E-state index >= 15 is 0 Å². The van der Waals surface area contributed by atoms with Crippen LogP contribution >= 0.6 is 0 Å². The largest absolute Gasteiger partial charge is 0.490 e. The van der Waals surface area contributed by atoms with E-state index in [2.05, 4.69) is 0 Å². The highest BCUT2D eigenvalue weighted by Crippen LogP contribution is 2.25. The molecule has 0 bridgehead atoms. The molecule has 1 heterocycles. The first-order chi connectivity index (χ1) is 12.0. The number of halogens is 1. The Morgan fingerprint density at radius 2 is 2.04 bits per heavy atom. The Bertz CT molecular complexity index is 631. The molecule has 0 aromatic heterocycles. The number of hydrogen-bond acceptors (Lipinski definition) is 3. The topological polar surface area (TPSA) is 72.6 Å². The third-order valence-electron chi connectivity index (χ3n) is 5.03. The molecule has 1 aromatic carbocycles. The number of primary amides is 1. The Hall–Kier alpha value is -2.11. The molecule has 2 N–H and O–H groups in total. The molecular formula is C19H25FN2O3. The molecule has 0 unspecified atom stereocenters. The molecule has 2 amide bonds. The molecule has 6 heteroatoms. The number of amides is 2. The van der Waals surface area contributed by atoms with E-state index in [9.17, 15) is 14.0 Å². The van der Waals surface area contributed by atoms with Gasteiger partial charge in [-0.3, -0.25) is 9.59 Å². The normalized spacial score (nSPS) is 23.8. The van der Waals surface area contributed by atoms with Gasteiger partial charge in [0.15, 0.2) is 0 Å². The van der Waals surface area contributed by atoms with E-state index < -0.39 is 18.1 Å². The second-order valence-electron chi connectivity index (χ2n) is 6.97. The summed E-state index contributed by atoms with van der Waals surface area (Å²) in [7, 11) is 0. The summed E-state index contributed by atoms with van der Waals surface area (Å²) >= 11 is 0. The Labute approximate surface area is 147 Å². The number of hydrogen-bond donors (Lipinski definition) is 1. The van der Waals surface area contributed by atoms with Crippen molar-refractivity contribution in [3.05, 3.63) is 29.8 Å². The maximum Gasteiger partial charge on any atom is 0.240 e. The first kappa shape index (κ1) is 17.7. The van der Waals surface area contributed by atoms with Crippen molar-refractivity contribution >= 4 is 11.8 Å². The summed E-state index contributed by atoms with van der Waals surface area (Å²) in [6.07, 6.45) is 4.49. The zero-order valence-electron chi connectivity index (χ0n) is 14.3. The molecule has 1 saturated heterocycles. The summed E-state index contributed by atoms with van der Waals surface area (Å²) in [4.78, 5) is 25.0. The lowest BCUT2D eigenvalue weighted by molar-refractivity contribution is -0.137. The Kier molecular flexibility index (Phi) is 5.56. The first-order valence-corrected chi connectivity index (χ1v) is 9.01. The van der Waals surface area contributed by atoms with Crippen molar-refractivity contribution in [1.29, 1.82) is 0 Å². The number of aryl methyl sites for hydroxylation is 1. The van der Waals surface area contributed by atoms with Crippen molar-refractivity contribution in [3.8, 4) is 5.75 Å². The third kappa shape index (κ3) is 4.50. The molecule has 136 valence electrons. The minimum Gasteiger partial charge on any atom is -0.490 e. The molecule has 2 atom stereocenters. The highest BCUT2D eigenvalue weighted by atomic mass is 19.1. The molecule has 1 saturated carbocycles. The van der Waals surface area contributed by atoms with E-state index in [1.54, 1.807) is 0 Å². The molecule has 1 aliphatic carbocycles. The second-order valence-corrected chi connectivity index (χ2v) is 6.97. The highest BCUT2D eigenvalue weighted by Gasteiger charge is 2.38. The van der Waals surface area contributed by atoms with E-state index in [1.165, 1.54) is 17.7 Å². The first-order valence-electron chi connectivity index (χ1n) is 9.01. The van der Waals surface area contributed by atoms with Gasteiger partial charge in [0.1, 0.15) is 18.0 Å². The smallest absolute Gasteiger partial charge is 0.240 e. The number of nitrogens with two attached hydrogens (primary N) is 1. The SMILES string of the molecule is NC(=O)[C@@H]1C[C@@H](F)CN1C(=O)CCc1cccc(OC2CCCC2)c1. The summed E-state index contributed by atoms with van der Waals surface area (Å²) in [5.74, 6) is -0.0385. The standard InChI is InChI=1S/C19H25FN2O3/c20-14-11-17(19(21)24)22(12-14)18(23)9-8-13-4-3-7-16(10-13)25-15-5-1-2-6-15/h3-4,7,10,14-15,17H,1-2,5-6,8-9,11-12H2,(H2,21,24)/t14-,17+/m1/s1. The van der Waals surface area contributed by atoms with Crippen LogP contribution in [0.1, 0.15) is 44.1 Å².